The maximum Gasteiger partial charge on any atom is 0.267 e. The summed E-state index contributed by atoms with van der Waals surface area (Å²) in [5.74, 6) is -0.180. The molecule has 6 heteroatoms. The number of nitrogens with one attached hydrogen (secondary N) is 3. The van der Waals surface area contributed by atoms with Crippen molar-refractivity contribution in [1.82, 2.24) is 15.6 Å². The number of hydrogen-bond donors (Lipinski definition) is 3. The highest BCUT2D eigenvalue weighted by Gasteiger charge is 2.04. The van der Waals surface area contributed by atoms with E-state index in [0.717, 1.165) is 25.7 Å². The van der Waals surface area contributed by atoms with Crippen molar-refractivity contribution < 1.29 is 14.4 Å². The van der Waals surface area contributed by atoms with Crippen molar-refractivity contribution in [3.63, 3.8) is 0 Å². The van der Waals surface area contributed by atoms with Gasteiger partial charge in [-0.2, -0.15) is 0 Å². The number of aromatic nitrogens is 1. The van der Waals surface area contributed by atoms with Crippen molar-refractivity contribution >= 4 is 18.1 Å². The molecule has 0 atom stereocenters. The molecule has 2 amide bonds. The highest BCUT2D eigenvalue weighted by molar-refractivity contribution is 5.92. The molecule has 0 saturated carbocycles. The van der Waals surface area contributed by atoms with Crippen LogP contribution in [0.4, 0.5) is 0 Å². The van der Waals surface area contributed by atoms with E-state index in [-0.39, 0.29) is 18.4 Å². The number of amides is 2. The molecule has 0 aliphatic carbocycles. The van der Waals surface area contributed by atoms with Crippen LogP contribution >= 0.6 is 0 Å². The van der Waals surface area contributed by atoms with Gasteiger partial charge in [0.25, 0.3) is 5.91 Å². The lowest BCUT2D eigenvalue weighted by atomic mass is 10.1. The van der Waals surface area contributed by atoms with Gasteiger partial charge in [0.2, 0.25) is 5.91 Å². The van der Waals surface area contributed by atoms with Crippen LogP contribution in [0.5, 0.6) is 0 Å². The Hall–Kier alpha value is -2.11. The van der Waals surface area contributed by atoms with Gasteiger partial charge < -0.3 is 20.4 Å². The summed E-state index contributed by atoms with van der Waals surface area (Å²) in [6.07, 6.45) is 6.43. The number of aldehydes is 1. The third-order valence-electron chi connectivity index (χ3n) is 2.84. The molecule has 0 aromatic carbocycles. The molecule has 1 aromatic heterocycles. The third kappa shape index (κ3) is 6.72. The van der Waals surface area contributed by atoms with Gasteiger partial charge in [0.1, 0.15) is 12.0 Å². The molecule has 0 aliphatic heterocycles. The van der Waals surface area contributed by atoms with Gasteiger partial charge in [-0.15, -0.1) is 0 Å². The standard InChI is InChI=1S/C14H21N3O3/c18-11-10-16-13(19)7-3-1-2-4-8-17-14(20)12-6-5-9-15-12/h5-6,9,11,15H,1-4,7-8,10H2,(H,16,19)(H,17,20). The van der Waals surface area contributed by atoms with Crippen LogP contribution in [0.2, 0.25) is 0 Å². The summed E-state index contributed by atoms with van der Waals surface area (Å²) >= 11 is 0. The molecule has 0 unspecified atom stereocenters. The molecule has 0 saturated heterocycles. The van der Waals surface area contributed by atoms with Gasteiger partial charge in [-0.1, -0.05) is 12.8 Å². The molecule has 1 rings (SSSR count). The van der Waals surface area contributed by atoms with E-state index >= 15 is 0 Å². The molecule has 20 heavy (non-hydrogen) atoms. The zero-order valence-corrected chi connectivity index (χ0v) is 11.5. The summed E-state index contributed by atoms with van der Waals surface area (Å²) in [7, 11) is 0. The Balaban J connectivity index is 1.93. The molecule has 6 nitrogen and oxygen atoms in total. The van der Waals surface area contributed by atoms with Gasteiger partial charge in [-0.25, -0.2) is 0 Å². The Morgan fingerprint density at radius 3 is 2.65 bits per heavy atom. The minimum atomic E-state index is -0.0942. The SMILES string of the molecule is O=CCNC(=O)CCCCCCNC(=O)c1ccc[nH]1. The maximum atomic E-state index is 11.6. The van der Waals surface area contributed by atoms with E-state index in [4.69, 9.17) is 0 Å². The van der Waals surface area contributed by atoms with Crippen LogP contribution in [0.25, 0.3) is 0 Å². The van der Waals surface area contributed by atoms with E-state index in [1.54, 1.807) is 18.3 Å². The van der Waals surface area contributed by atoms with Crippen molar-refractivity contribution in [3.05, 3.63) is 24.0 Å². The molecule has 0 radical (unpaired) electrons. The average Bonchev–Trinajstić information content (AvgIpc) is 2.98. The van der Waals surface area contributed by atoms with Gasteiger partial charge in [0, 0.05) is 19.2 Å². The van der Waals surface area contributed by atoms with Crippen molar-refractivity contribution in [2.75, 3.05) is 13.1 Å². The minimum absolute atomic E-state index is 0.0860. The maximum absolute atomic E-state index is 11.6. The summed E-state index contributed by atoms with van der Waals surface area (Å²) in [4.78, 5) is 35.6. The van der Waals surface area contributed by atoms with Crippen molar-refractivity contribution in [2.24, 2.45) is 0 Å². The van der Waals surface area contributed by atoms with Gasteiger partial charge >= 0.3 is 0 Å². The largest absolute Gasteiger partial charge is 0.357 e. The smallest absolute Gasteiger partial charge is 0.267 e. The Morgan fingerprint density at radius 2 is 1.95 bits per heavy atom. The predicted molar refractivity (Wildman–Crippen MR) is 75.3 cm³/mol. The first-order chi connectivity index (χ1) is 9.74. The van der Waals surface area contributed by atoms with Gasteiger partial charge in [-0.05, 0) is 25.0 Å². The lowest BCUT2D eigenvalue weighted by molar-refractivity contribution is -0.122. The lowest BCUT2D eigenvalue weighted by Crippen LogP contribution is -2.25. The number of aromatic amines is 1. The molecule has 0 spiro atoms. The Labute approximate surface area is 118 Å². The number of carbonyl (C=O) groups is 3. The Bertz CT molecular complexity index is 415. The molecular formula is C14H21N3O3. The molecule has 1 aromatic rings. The number of unbranched alkanes of at least 4 members (excludes halogenated alkanes) is 3. The van der Waals surface area contributed by atoms with E-state index in [1.165, 1.54) is 0 Å². The highest BCUT2D eigenvalue weighted by atomic mass is 16.2. The number of H-pyrrole nitrogens is 1. The number of hydrogen-bond acceptors (Lipinski definition) is 3. The number of rotatable bonds is 10. The average molecular weight is 279 g/mol. The van der Waals surface area contributed by atoms with E-state index in [1.807, 2.05) is 0 Å². The van der Waals surface area contributed by atoms with Crippen molar-refractivity contribution in [2.45, 2.75) is 32.1 Å². The lowest BCUT2D eigenvalue weighted by Gasteiger charge is -2.04. The first-order valence-electron chi connectivity index (χ1n) is 6.86. The Morgan fingerprint density at radius 1 is 1.15 bits per heavy atom. The van der Waals surface area contributed by atoms with Crippen LogP contribution in [0.3, 0.4) is 0 Å². The van der Waals surface area contributed by atoms with Crippen LogP contribution in [0.15, 0.2) is 18.3 Å². The summed E-state index contributed by atoms with van der Waals surface area (Å²) in [5.41, 5.74) is 0.567. The van der Waals surface area contributed by atoms with Gasteiger partial charge in [-0.3, -0.25) is 9.59 Å². The van der Waals surface area contributed by atoms with Gasteiger partial charge in [0.15, 0.2) is 0 Å². The highest BCUT2D eigenvalue weighted by Crippen LogP contribution is 2.02. The fourth-order valence-corrected chi connectivity index (χ4v) is 1.78. The summed E-state index contributed by atoms with van der Waals surface area (Å²) < 4.78 is 0. The zero-order chi connectivity index (χ0) is 14.6. The van der Waals surface area contributed by atoms with E-state index in [0.29, 0.717) is 24.9 Å². The Kier molecular flexibility index (Phi) is 7.79. The van der Waals surface area contributed by atoms with E-state index in [2.05, 4.69) is 15.6 Å². The van der Waals surface area contributed by atoms with Crippen LogP contribution in [0.1, 0.15) is 42.6 Å². The van der Waals surface area contributed by atoms with Crippen molar-refractivity contribution in [3.8, 4) is 0 Å². The predicted octanol–water partition coefficient (Wildman–Crippen LogP) is 1.01. The van der Waals surface area contributed by atoms with Crippen LogP contribution in [-0.2, 0) is 9.59 Å². The minimum Gasteiger partial charge on any atom is -0.357 e. The molecule has 1 heterocycles. The topological polar surface area (TPSA) is 91.1 Å². The second kappa shape index (κ2) is 9.77. The molecule has 110 valence electrons. The molecule has 0 bridgehead atoms. The van der Waals surface area contributed by atoms with Gasteiger partial charge in [0.05, 0.1) is 6.54 Å². The molecule has 3 N–H and O–H groups in total. The number of carbonyl (C=O) groups excluding carboxylic acids is 3. The van der Waals surface area contributed by atoms with E-state index < -0.39 is 0 Å². The molecule has 0 aliphatic rings. The normalized spacial score (nSPS) is 10.0. The zero-order valence-electron chi connectivity index (χ0n) is 11.5. The fourth-order valence-electron chi connectivity index (χ4n) is 1.78. The third-order valence-corrected chi connectivity index (χ3v) is 2.84. The second-order valence-electron chi connectivity index (χ2n) is 4.47. The molecular weight excluding hydrogens is 258 g/mol. The summed E-state index contributed by atoms with van der Waals surface area (Å²) in [5, 5.41) is 5.32. The van der Waals surface area contributed by atoms with Crippen molar-refractivity contribution in [1.29, 1.82) is 0 Å². The van der Waals surface area contributed by atoms with Crippen LogP contribution in [-0.4, -0.2) is 36.2 Å². The summed E-state index contributed by atoms with van der Waals surface area (Å²) in [6, 6.07) is 3.51. The van der Waals surface area contributed by atoms with Crippen LogP contribution < -0.4 is 10.6 Å². The first-order valence-corrected chi connectivity index (χ1v) is 6.86. The van der Waals surface area contributed by atoms with E-state index in [9.17, 15) is 14.4 Å². The monoisotopic (exact) mass is 279 g/mol. The summed E-state index contributed by atoms with van der Waals surface area (Å²) in [6.45, 7) is 0.721. The van der Waals surface area contributed by atoms with Crippen LogP contribution in [0, 0.1) is 0 Å². The quantitative estimate of drug-likeness (QED) is 0.441. The second-order valence-corrected chi connectivity index (χ2v) is 4.47. The molecule has 0 fully saturated rings. The first kappa shape index (κ1) is 15.9. The fraction of sp³-hybridized carbons (Fsp3) is 0.500.